The molecule has 2 aromatic rings. The van der Waals surface area contributed by atoms with Crippen LogP contribution in [0, 0.1) is 0 Å². The van der Waals surface area contributed by atoms with Crippen molar-refractivity contribution in [2.24, 2.45) is 0 Å². The zero-order valence-corrected chi connectivity index (χ0v) is 43.5. The van der Waals surface area contributed by atoms with Crippen molar-refractivity contribution in [3.05, 3.63) is 42.0 Å². The number of ether oxygens (including phenoxy) is 4. The molecule has 67 heavy (non-hydrogen) atoms. The third kappa shape index (κ3) is 29.1. The van der Waals surface area contributed by atoms with E-state index in [1.165, 1.54) is 103 Å². The lowest BCUT2D eigenvalue weighted by atomic mass is 9.98. The number of amides is 1. The maximum Gasteiger partial charge on any atom is 0.410 e. The molecule has 0 radical (unpaired) electrons. The van der Waals surface area contributed by atoms with Gasteiger partial charge in [-0.05, 0) is 107 Å². The van der Waals surface area contributed by atoms with Crippen LogP contribution < -0.4 is 4.74 Å². The molecule has 1 amide bonds. The van der Waals surface area contributed by atoms with Crippen LogP contribution >= 0.6 is 0 Å². The number of carbonyl (C=O) groups is 4. The fourth-order valence-corrected chi connectivity index (χ4v) is 8.71. The van der Waals surface area contributed by atoms with Crippen LogP contribution in [0.4, 0.5) is 4.79 Å². The van der Waals surface area contributed by atoms with Gasteiger partial charge in [-0.15, -0.1) is 0 Å². The molecule has 0 aliphatic rings. The van der Waals surface area contributed by atoms with Crippen molar-refractivity contribution in [2.75, 3.05) is 54.1 Å². The molecule has 0 saturated carbocycles. The molecular weight excluding hydrogens is 841 g/mol. The van der Waals surface area contributed by atoms with E-state index in [4.69, 9.17) is 18.9 Å². The van der Waals surface area contributed by atoms with Gasteiger partial charge in [0.15, 0.2) is 0 Å². The van der Waals surface area contributed by atoms with Gasteiger partial charge in [0.2, 0.25) is 0 Å². The molecule has 382 valence electrons. The summed E-state index contributed by atoms with van der Waals surface area (Å²) >= 11 is 0. The van der Waals surface area contributed by atoms with E-state index in [0.29, 0.717) is 89.9 Å². The number of esters is 2. The average molecular weight is 937 g/mol. The van der Waals surface area contributed by atoms with Crippen LogP contribution in [0.25, 0.3) is 10.8 Å². The molecular formula is C57H96N2O8. The number of benzene rings is 2. The number of hydrogen-bond acceptors (Lipinski definition) is 9. The predicted molar refractivity (Wildman–Crippen MR) is 276 cm³/mol. The first kappa shape index (κ1) is 59.5. The fraction of sp³-hybridized carbons (Fsp3) is 0.754. The zero-order chi connectivity index (χ0) is 48.7. The molecule has 10 nitrogen and oxygen atoms in total. The molecule has 0 heterocycles. The number of likely N-dealkylation sites (N-methyl/N-ethyl adjacent to an activating group) is 1. The molecule has 0 fully saturated rings. The van der Waals surface area contributed by atoms with E-state index in [0.717, 1.165) is 54.2 Å². The lowest BCUT2D eigenvalue weighted by Crippen LogP contribution is -2.42. The molecule has 0 saturated heterocycles. The number of fused-ring (bicyclic) bond motifs is 1. The van der Waals surface area contributed by atoms with E-state index >= 15 is 0 Å². The number of rotatable bonds is 43. The Morgan fingerprint density at radius 2 is 1.03 bits per heavy atom. The smallest absolute Gasteiger partial charge is 0.410 e. The van der Waals surface area contributed by atoms with E-state index in [2.05, 4.69) is 13.8 Å². The first-order valence-corrected chi connectivity index (χ1v) is 27.1. The summed E-state index contributed by atoms with van der Waals surface area (Å²) in [4.78, 5) is 56.5. The third-order valence-electron chi connectivity index (χ3n) is 13.1. The Balaban J connectivity index is 1.93. The molecule has 2 unspecified atom stereocenters. The largest absolute Gasteiger partial charge is 0.497 e. The minimum Gasteiger partial charge on any atom is -0.497 e. The van der Waals surface area contributed by atoms with Gasteiger partial charge in [-0.3, -0.25) is 14.4 Å². The fourth-order valence-electron chi connectivity index (χ4n) is 8.71. The van der Waals surface area contributed by atoms with Crippen LogP contribution in [0.5, 0.6) is 5.75 Å². The number of unbranched alkanes of at least 4 members (excludes halogenated alkanes) is 20. The number of carbonyl (C=O) groups excluding carboxylic acids is 4. The van der Waals surface area contributed by atoms with Crippen LogP contribution in [-0.2, 0) is 28.6 Å². The van der Waals surface area contributed by atoms with E-state index in [1.54, 1.807) is 7.11 Å². The summed E-state index contributed by atoms with van der Waals surface area (Å²) in [6, 6.07) is 11.7. The molecule has 2 aromatic carbocycles. The second-order valence-electron chi connectivity index (χ2n) is 19.3. The Morgan fingerprint density at radius 3 is 1.63 bits per heavy atom. The summed E-state index contributed by atoms with van der Waals surface area (Å²) in [5.74, 6) is 0.230. The minimum atomic E-state index is -0.404. The number of nitrogens with zero attached hydrogens (tertiary/aromatic N) is 2. The summed E-state index contributed by atoms with van der Waals surface area (Å²) in [5.41, 5.74) is 0.903. The normalized spacial score (nSPS) is 12.3. The second-order valence-corrected chi connectivity index (χ2v) is 19.3. The molecule has 2 rings (SSSR count). The molecule has 0 spiro atoms. The van der Waals surface area contributed by atoms with Crippen molar-refractivity contribution in [2.45, 2.75) is 225 Å². The summed E-state index contributed by atoms with van der Waals surface area (Å²) in [5, 5.41) is 2.09. The first-order chi connectivity index (χ1) is 32.6. The zero-order valence-electron chi connectivity index (χ0n) is 43.5. The monoisotopic (exact) mass is 937 g/mol. The van der Waals surface area contributed by atoms with E-state index in [-0.39, 0.29) is 30.7 Å². The second kappa shape index (κ2) is 39.2. The van der Waals surface area contributed by atoms with Gasteiger partial charge in [-0.2, -0.15) is 0 Å². The highest BCUT2D eigenvalue weighted by Gasteiger charge is 2.25. The van der Waals surface area contributed by atoms with Crippen LogP contribution in [0.3, 0.4) is 0 Å². The Labute approximate surface area is 408 Å². The highest BCUT2D eigenvalue weighted by atomic mass is 16.6. The van der Waals surface area contributed by atoms with Gasteiger partial charge < -0.3 is 28.7 Å². The molecule has 0 aromatic heterocycles. The standard InChI is InChI=1S/C57H96N2O8/c1-7-9-11-13-15-17-19-21-23-26-34-53(60)35-30-32-52(33-31-36-55(61)65-43-28-24-22-20-18-16-14-12-10-8-2)59(57(63)67-45-42-58(4)5)41-27-25-29-44-66-56(62)48(3)49-37-38-51-47-54(64-6)40-39-50(51)46-49/h37-40,46-48,52H,7-36,41-45H2,1-6H3. The number of hydrogen-bond donors (Lipinski definition) is 0. The van der Waals surface area contributed by atoms with E-state index < -0.39 is 5.92 Å². The van der Waals surface area contributed by atoms with Gasteiger partial charge >= 0.3 is 18.0 Å². The maximum atomic E-state index is 13.8. The van der Waals surface area contributed by atoms with Crippen molar-refractivity contribution in [1.82, 2.24) is 9.80 Å². The van der Waals surface area contributed by atoms with Gasteiger partial charge in [0.05, 0.1) is 26.2 Å². The first-order valence-electron chi connectivity index (χ1n) is 27.1. The van der Waals surface area contributed by atoms with Crippen molar-refractivity contribution in [1.29, 1.82) is 0 Å². The van der Waals surface area contributed by atoms with Crippen molar-refractivity contribution < 1.29 is 38.1 Å². The SMILES string of the molecule is CCCCCCCCCCCCOC(=O)CCCC(CCCC(=O)CCCCCCCCCCCC)N(CCCCCOC(=O)C(C)c1ccc2cc(OC)ccc2c1)C(=O)OCCN(C)C. The highest BCUT2D eigenvalue weighted by molar-refractivity contribution is 5.87. The van der Waals surface area contributed by atoms with Gasteiger partial charge in [-0.25, -0.2) is 4.79 Å². The quantitative estimate of drug-likeness (QED) is 0.0364. The lowest BCUT2D eigenvalue weighted by molar-refractivity contribution is -0.145. The van der Waals surface area contributed by atoms with Gasteiger partial charge in [0, 0.05) is 38.4 Å². The van der Waals surface area contributed by atoms with Gasteiger partial charge in [0.1, 0.15) is 18.1 Å². The molecule has 0 bridgehead atoms. The van der Waals surface area contributed by atoms with Gasteiger partial charge in [0.25, 0.3) is 0 Å². The summed E-state index contributed by atoms with van der Waals surface area (Å²) in [6.07, 6.45) is 30.5. The van der Waals surface area contributed by atoms with Crippen LogP contribution in [0.2, 0.25) is 0 Å². The average Bonchev–Trinajstić information content (AvgIpc) is 3.32. The molecule has 0 aliphatic carbocycles. The Kier molecular flexibility index (Phi) is 34.8. The lowest BCUT2D eigenvalue weighted by Gasteiger charge is -2.31. The van der Waals surface area contributed by atoms with Crippen molar-refractivity contribution >= 4 is 34.6 Å². The Hall–Kier alpha value is -3.66. The topological polar surface area (TPSA) is 112 Å². The van der Waals surface area contributed by atoms with Crippen molar-refractivity contribution in [3.8, 4) is 5.75 Å². The van der Waals surface area contributed by atoms with Crippen LogP contribution in [0.1, 0.15) is 225 Å². The maximum absolute atomic E-state index is 13.8. The van der Waals surface area contributed by atoms with Crippen LogP contribution in [-0.4, -0.2) is 93.8 Å². The van der Waals surface area contributed by atoms with Gasteiger partial charge in [-0.1, -0.05) is 154 Å². The number of methoxy groups -OCH3 is 1. The predicted octanol–water partition coefficient (Wildman–Crippen LogP) is 14.7. The molecule has 2 atom stereocenters. The number of Topliss-reactive ketones (excluding diaryl/α,β-unsaturated/α-hetero) is 1. The Bertz CT molecular complexity index is 1600. The highest BCUT2D eigenvalue weighted by Crippen LogP contribution is 2.26. The molecule has 10 heteroatoms. The summed E-state index contributed by atoms with van der Waals surface area (Å²) in [6.45, 7) is 8.49. The molecule has 0 aliphatic heterocycles. The van der Waals surface area contributed by atoms with Crippen molar-refractivity contribution in [3.63, 3.8) is 0 Å². The van der Waals surface area contributed by atoms with Crippen LogP contribution in [0.15, 0.2) is 36.4 Å². The minimum absolute atomic E-state index is 0.173. The van der Waals surface area contributed by atoms with E-state index in [1.807, 2.05) is 67.2 Å². The number of ketones is 1. The van der Waals surface area contributed by atoms with E-state index in [9.17, 15) is 19.2 Å². The Morgan fingerprint density at radius 1 is 0.522 bits per heavy atom. The summed E-state index contributed by atoms with van der Waals surface area (Å²) < 4.78 is 22.5. The summed E-state index contributed by atoms with van der Waals surface area (Å²) in [7, 11) is 5.55. The third-order valence-corrected chi connectivity index (χ3v) is 13.1. The molecule has 0 N–H and O–H groups in total.